The smallest absolute Gasteiger partial charge is 0.394 e. The molecule has 84 valence electrons. The van der Waals surface area contributed by atoms with Crippen molar-refractivity contribution in [1.82, 2.24) is 0 Å². The van der Waals surface area contributed by atoms with Crippen LogP contribution in [0, 0.1) is 0 Å². The van der Waals surface area contributed by atoms with Crippen LogP contribution in [-0.2, 0) is 10.4 Å². The SMILES string of the molecule is C=CCOc1ccccc1.O=S(=O)(O)O. The van der Waals surface area contributed by atoms with E-state index in [1.807, 2.05) is 30.3 Å². The Bertz CT molecular complexity index is 363. The van der Waals surface area contributed by atoms with E-state index in [1.54, 1.807) is 6.08 Å². The summed E-state index contributed by atoms with van der Waals surface area (Å²) in [6.45, 7) is 4.12. The molecule has 1 rings (SSSR count). The van der Waals surface area contributed by atoms with E-state index in [-0.39, 0.29) is 0 Å². The average molecular weight is 232 g/mol. The Morgan fingerprint density at radius 3 is 2.13 bits per heavy atom. The number of rotatable bonds is 3. The third-order valence-corrected chi connectivity index (χ3v) is 1.11. The molecule has 0 unspecified atom stereocenters. The quantitative estimate of drug-likeness (QED) is 0.610. The predicted molar refractivity (Wildman–Crippen MR) is 56.3 cm³/mol. The van der Waals surface area contributed by atoms with Gasteiger partial charge in [0.2, 0.25) is 0 Å². The van der Waals surface area contributed by atoms with Gasteiger partial charge in [-0.25, -0.2) is 0 Å². The van der Waals surface area contributed by atoms with Crippen molar-refractivity contribution in [3.63, 3.8) is 0 Å². The fourth-order valence-electron chi connectivity index (χ4n) is 0.672. The van der Waals surface area contributed by atoms with Crippen LogP contribution in [0.5, 0.6) is 5.75 Å². The highest BCUT2D eigenvalue weighted by Gasteiger charge is 1.85. The lowest BCUT2D eigenvalue weighted by atomic mass is 10.3. The van der Waals surface area contributed by atoms with Gasteiger partial charge in [-0.2, -0.15) is 8.42 Å². The lowest BCUT2D eigenvalue weighted by Crippen LogP contribution is -1.91. The molecule has 0 bridgehead atoms. The Balaban J connectivity index is 0.000000336. The van der Waals surface area contributed by atoms with E-state index in [0.717, 1.165) is 5.75 Å². The first-order valence-corrected chi connectivity index (χ1v) is 5.32. The maximum atomic E-state index is 8.74. The Labute approximate surface area is 88.6 Å². The highest BCUT2D eigenvalue weighted by Crippen LogP contribution is 2.07. The molecule has 0 aromatic heterocycles. The first-order valence-electron chi connectivity index (χ1n) is 3.92. The van der Waals surface area contributed by atoms with Crippen molar-refractivity contribution in [3.05, 3.63) is 43.0 Å². The Hall–Kier alpha value is -1.37. The maximum absolute atomic E-state index is 8.74. The molecule has 0 atom stereocenters. The van der Waals surface area contributed by atoms with E-state index in [0.29, 0.717) is 6.61 Å². The second kappa shape index (κ2) is 6.99. The van der Waals surface area contributed by atoms with Crippen LogP contribution in [0.2, 0.25) is 0 Å². The van der Waals surface area contributed by atoms with Gasteiger partial charge in [0.25, 0.3) is 0 Å². The van der Waals surface area contributed by atoms with Crippen LogP contribution in [0.3, 0.4) is 0 Å². The van der Waals surface area contributed by atoms with Crippen molar-refractivity contribution in [1.29, 1.82) is 0 Å². The molecular weight excluding hydrogens is 220 g/mol. The van der Waals surface area contributed by atoms with Crippen LogP contribution in [0.25, 0.3) is 0 Å². The molecule has 0 heterocycles. The summed E-state index contributed by atoms with van der Waals surface area (Å²) in [4.78, 5) is 0. The highest BCUT2D eigenvalue weighted by atomic mass is 32.3. The third kappa shape index (κ3) is 12.6. The van der Waals surface area contributed by atoms with Crippen LogP contribution >= 0.6 is 0 Å². The van der Waals surface area contributed by atoms with Crippen LogP contribution in [0.4, 0.5) is 0 Å². The van der Waals surface area contributed by atoms with Gasteiger partial charge in [-0.1, -0.05) is 30.9 Å². The lowest BCUT2D eigenvalue weighted by molar-refractivity contribution is 0.363. The van der Waals surface area contributed by atoms with Gasteiger partial charge in [0, 0.05) is 0 Å². The lowest BCUT2D eigenvalue weighted by Gasteiger charge is -1.99. The van der Waals surface area contributed by atoms with E-state index in [9.17, 15) is 0 Å². The molecule has 5 nitrogen and oxygen atoms in total. The maximum Gasteiger partial charge on any atom is 0.394 e. The molecule has 0 fully saturated rings. The molecule has 2 N–H and O–H groups in total. The summed E-state index contributed by atoms with van der Waals surface area (Å²) in [6, 6.07) is 9.69. The normalized spacial score (nSPS) is 9.73. The largest absolute Gasteiger partial charge is 0.490 e. The number of ether oxygens (including phenoxy) is 1. The minimum Gasteiger partial charge on any atom is -0.490 e. The van der Waals surface area contributed by atoms with E-state index >= 15 is 0 Å². The van der Waals surface area contributed by atoms with Crippen molar-refractivity contribution in [2.24, 2.45) is 0 Å². The minimum atomic E-state index is -4.67. The van der Waals surface area contributed by atoms with Gasteiger partial charge in [0.05, 0.1) is 0 Å². The molecule has 0 saturated carbocycles. The fourth-order valence-corrected chi connectivity index (χ4v) is 0.672. The second-order valence-corrected chi connectivity index (χ2v) is 3.26. The Kier molecular flexibility index (Phi) is 6.35. The standard InChI is InChI=1S/C9H10O.H2O4S/c1-2-8-10-9-6-4-3-5-7-9;1-5(2,3)4/h2-7H,1,8H2;(H2,1,2,3,4). The first-order chi connectivity index (χ1) is 6.93. The molecule has 0 radical (unpaired) electrons. The van der Waals surface area contributed by atoms with Gasteiger partial charge >= 0.3 is 10.4 Å². The second-order valence-electron chi connectivity index (χ2n) is 2.36. The number of hydrogen-bond donors (Lipinski definition) is 2. The molecular formula is C9H12O5S. The fraction of sp³-hybridized carbons (Fsp3) is 0.111. The molecule has 1 aromatic rings. The Morgan fingerprint density at radius 1 is 1.27 bits per heavy atom. The summed E-state index contributed by atoms with van der Waals surface area (Å²) in [6.07, 6.45) is 1.73. The van der Waals surface area contributed by atoms with Crippen molar-refractivity contribution < 1.29 is 22.3 Å². The van der Waals surface area contributed by atoms with E-state index in [1.165, 1.54) is 0 Å². The monoisotopic (exact) mass is 232 g/mol. The predicted octanol–water partition coefficient (Wildman–Crippen LogP) is 1.60. The van der Waals surface area contributed by atoms with Crippen molar-refractivity contribution in [3.8, 4) is 5.75 Å². The molecule has 0 aliphatic carbocycles. The van der Waals surface area contributed by atoms with Crippen LogP contribution in [0.15, 0.2) is 43.0 Å². The van der Waals surface area contributed by atoms with Gasteiger partial charge in [-0.05, 0) is 12.1 Å². The molecule has 0 aliphatic heterocycles. The molecule has 15 heavy (non-hydrogen) atoms. The number of para-hydroxylation sites is 1. The van der Waals surface area contributed by atoms with Gasteiger partial charge in [0.15, 0.2) is 0 Å². The summed E-state index contributed by atoms with van der Waals surface area (Å²) in [5.74, 6) is 0.891. The molecule has 0 spiro atoms. The number of benzene rings is 1. The third-order valence-electron chi connectivity index (χ3n) is 1.11. The van der Waals surface area contributed by atoms with Crippen LogP contribution < -0.4 is 4.74 Å². The van der Waals surface area contributed by atoms with Gasteiger partial charge in [0.1, 0.15) is 12.4 Å². The molecule has 6 heteroatoms. The molecule has 0 aliphatic rings. The van der Waals surface area contributed by atoms with Gasteiger partial charge in [-0.3, -0.25) is 9.11 Å². The van der Waals surface area contributed by atoms with E-state index in [2.05, 4.69) is 6.58 Å². The number of hydrogen-bond acceptors (Lipinski definition) is 3. The molecule has 1 aromatic carbocycles. The van der Waals surface area contributed by atoms with E-state index < -0.39 is 10.4 Å². The van der Waals surface area contributed by atoms with Gasteiger partial charge < -0.3 is 4.74 Å². The van der Waals surface area contributed by atoms with E-state index in [4.69, 9.17) is 22.3 Å². The van der Waals surface area contributed by atoms with Crippen molar-refractivity contribution in [2.75, 3.05) is 6.61 Å². The van der Waals surface area contributed by atoms with Gasteiger partial charge in [-0.15, -0.1) is 0 Å². The van der Waals surface area contributed by atoms with Crippen LogP contribution in [-0.4, -0.2) is 24.1 Å². The zero-order chi connectivity index (χ0) is 11.7. The summed E-state index contributed by atoms with van der Waals surface area (Å²) in [7, 11) is -4.67. The zero-order valence-corrected chi connectivity index (χ0v) is 8.72. The first kappa shape index (κ1) is 13.6. The summed E-state index contributed by atoms with van der Waals surface area (Å²) in [5, 5.41) is 0. The van der Waals surface area contributed by atoms with Crippen LogP contribution in [0.1, 0.15) is 0 Å². The summed E-state index contributed by atoms with van der Waals surface area (Å²) in [5.41, 5.74) is 0. The summed E-state index contributed by atoms with van der Waals surface area (Å²) >= 11 is 0. The minimum absolute atomic E-state index is 0.573. The van der Waals surface area contributed by atoms with Crippen molar-refractivity contribution >= 4 is 10.4 Å². The zero-order valence-electron chi connectivity index (χ0n) is 7.91. The average Bonchev–Trinajstić information content (AvgIpc) is 2.14. The summed E-state index contributed by atoms with van der Waals surface area (Å²) < 4.78 is 36.8. The molecule has 0 saturated heterocycles. The van der Waals surface area contributed by atoms with Crippen molar-refractivity contribution in [2.45, 2.75) is 0 Å². The topological polar surface area (TPSA) is 83.8 Å². The Morgan fingerprint density at radius 2 is 1.73 bits per heavy atom. The highest BCUT2D eigenvalue weighted by molar-refractivity contribution is 7.79. The molecule has 0 amide bonds.